The Hall–Kier alpha value is -4.61. The molecule has 0 aliphatic carbocycles. The topological polar surface area (TPSA) is 170 Å². The number of amides is 2. The highest BCUT2D eigenvalue weighted by Crippen LogP contribution is 2.30. The van der Waals surface area contributed by atoms with E-state index in [-0.39, 0.29) is 50.1 Å². The smallest absolute Gasteiger partial charge is 0.412 e. The fourth-order valence-electron chi connectivity index (χ4n) is 4.20. The van der Waals surface area contributed by atoms with Crippen LogP contribution in [0.2, 0.25) is 5.02 Å². The van der Waals surface area contributed by atoms with Gasteiger partial charge in [-0.1, -0.05) is 17.7 Å². The zero-order chi connectivity index (χ0) is 31.5. The molecule has 0 unspecified atom stereocenters. The highest BCUT2D eigenvalue weighted by molar-refractivity contribution is 6.31. The van der Waals surface area contributed by atoms with Gasteiger partial charge in [0.1, 0.15) is 11.6 Å². The van der Waals surface area contributed by atoms with Crippen LogP contribution in [0.4, 0.5) is 16.2 Å². The summed E-state index contributed by atoms with van der Waals surface area (Å²) in [5, 5.41) is 35.9. The standard InChI is InChI=1S/C31H35ClN4O7/c1-4-42-31(41)36-29(33)20-5-8-23(9-6-20)35-30(40)25-15-22(32)7-11-26(25)34-16-21-13-19(17-37)14-27(43-18(2)3)24(21)10-12-28(38)39/h5-9,11,13-15,18,34,37H,4,10,12,16-17H2,1-3H3,(H,35,40)(H,38,39)(H2,33,36,41). The third-order valence-electron chi connectivity index (χ3n) is 6.12. The third kappa shape index (κ3) is 9.73. The number of hydrogen-bond acceptors (Lipinski definition) is 8. The van der Waals surface area contributed by atoms with E-state index in [4.69, 9.17) is 26.5 Å². The van der Waals surface area contributed by atoms with Gasteiger partial charge in [-0.2, -0.15) is 0 Å². The zero-order valence-corrected chi connectivity index (χ0v) is 24.9. The van der Waals surface area contributed by atoms with Crippen molar-refractivity contribution in [2.24, 2.45) is 0 Å². The van der Waals surface area contributed by atoms with Crippen LogP contribution in [-0.4, -0.2) is 46.7 Å². The first-order valence-electron chi connectivity index (χ1n) is 13.6. The van der Waals surface area contributed by atoms with Crippen molar-refractivity contribution in [1.29, 1.82) is 5.41 Å². The average Bonchev–Trinajstić information content (AvgIpc) is 2.95. The van der Waals surface area contributed by atoms with Crippen molar-refractivity contribution in [1.82, 2.24) is 5.32 Å². The fraction of sp³-hybridized carbons (Fsp3) is 0.290. The van der Waals surface area contributed by atoms with Crippen LogP contribution >= 0.6 is 11.6 Å². The van der Waals surface area contributed by atoms with E-state index >= 15 is 0 Å². The highest BCUT2D eigenvalue weighted by Gasteiger charge is 2.18. The first-order chi connectivity index (χ1) is 20.5. The van der Waals surface area contributed by atoms with Gasteiger partial charge in [-0.15, -0.1) is 0 Å². The van der Waals surface area contributed by atoms with E-state index < -0.39 is 18.0 Å². The molecule has 6 N–H and O–H groups in total. The molecule has 12 heteroatoms. The summed E-state index contributed by atoms with van der Waals surface area (Å²) < 4.78 is 10.7. The maximum Gasteiger partial charge on any atom is 0.412 e. The third-order valence-corrected chi connectivity index (χ3v) is 6.36. The van der Waals surface area contributed by atoms with Gasteiger partial charge in [0.15, 0.2) is 0 Å². The Morgan fingerprint density at radius 3 is 2.40 bits per heavy atom. The number of carbonyl (C=O) groups excluding carboxylic acids is 2. The van der Waals surface area contributed by atoms with Crippen molar-refractivity contribution in [3.63, 3.8) is 0 Å². The minimum absolute atomic E-state index is 0.105. The van der Waals surface area contributed by atoms with E-state index in [1.807, 2.05) is 13.8 Å². The summed E-state index contributed by atoms with van der Waals surface area (Å²) in [5.41, 5.74) is 3.63. The molecule has 0 radical (unpaired) electrons. The van der Waals surface area contributed by atoms with Crippen LogP contribution in [0.15, 0.2) is 54.6 Å². The van der Waals surface area contributed by atoms with Gasteiger partial charge in [0.05, 0.1) is 24.9 Å². The minimum atomic E-state index is -0.947. The molecule has 0 atom stereocenters. The van der Waals surface area contributed by atoms with E-state index in [1.54, 1.807) is 55.5 Å². The quantitative estimate of drug-likeness (QED) is 0.108. The van der Waals surface area contributed by atoms with Gasteiger partial charge >= 0.3 is 12.1 Å². The Balaban J connectivity index is 1.82. The van der Waals surface area contributed by atoms with Crippen molar-refractivity contribution in [2.75, 3.05) is 17.2 Å². The lowest BCUT2D eigenvalue weighted by Gasteiger charge is -2.20. The maximum atomic E-state index is 13.3. The van der Waals surface area contributed by atoms with Crippen molar-refractivity contribution in [3.8, 4) is 5.75 Å². The average molecular weight is 611 g/mol. The molecule has 43 heavy (non-hydrogen) atoms. The summed E-state index contributed by atoms with van der Waals surface area (Å²) >= 11 is 6.23. The molecule has 0 aliphatic rings. The number of benzene rings is 3. The molecule has 228 valence electrons. The second-order valence-corrected chi connectivity index (χ2v) is 10.2. The van der Waals surface area contributed by atoms with Gasteiger partial charge in [0.25, 0.3) is 5.91 Å². The molecule has 3 aromatic rings. The predicted molar refractivity (Wildman–Crippen MR) is 164 cm³/mol. The predicted octanol–water partition coefficient (Wildman–Crippen LogP) is 5.57. The highest BCUT2D eigenvalue weighted by atomic mass is 35.5. The van der Waals surface area contributed by atoms with Crippen LogP contribution in [-0.2, 0) is 29.1 Å². The van der Waals surface area contributed by atoms with Crippen LogP contribution in [0, 0.1) is 5.41 Å². The van der Waals surface area contributed by atoms with Crippen molar-refractivity contribution in [2.45, 2.75) is 52.9 Å². The minimum Gasteiger partial charge on any atom is -0.491 e. The summed E-state index contributed by atoms with van der Waals surface area (Å²) in [6.07, 6.45) is -0.785. The molecule has 0 heterocycles. The number of nitrogens with one attached hydrogen (secondary N) is 4. The normalized spacial score (nSPS) is 10.7. The largest absolute Gasteiger partial charge is 0.491 e. The second-order valence-electron chi connectivity index (χ2n) is 9.75. The molecule has 0 fully saturated rings. The first kappa shape index (κ1) is 32.9. The van der Waals surface area contributed by atoms with Gasteiger partial charge < -0.3 is 30.3 Å². The summed E-state index contributed by atoms with van der Waals surface area (Å²) in [4.78, 5) is 36.2. The number of hydrogen-bond donors (Lipinski definition) is 6. The van der Waals surface area contributed by atoms with Crippen molar-refractivity contribution in [3.05, 3.63) is 87.4 Å². The summed E-state index contributed by atoms with van der Waals surface area (Å²) in [6, 6.07) is 14.7. The first-order valence-corrected chi connectivity index (χ1v) is 14.0. The van der Waals surface area contributed by atoms with Crippen LogP contribution in [0.5, 0.6) is 5.75 Å². The lowest BCUT2D eigenvalue weighted by Crippen LogP contribution is -2.31. The molecular formula is C31H35ClN4O7. The van der Waals surface area contributed by atoms with Gasteiger partial charge in [0.2, 0.25) is 0 Å². The summed E-state index contributed by atoms with van der Waals surface area (Å²) in [7, 11) is 0. The summed E-state index contributed by atoms with van der Waals surface area (Å²) in [5.74, 6) is -1.04. The Labute approximate surface area is 254 Å². The molecule has 11 nitrogen and oxygen atoms in total. The molecule has 0 saturated heterocycles. The molecule has 0 saturated carbocycles. The molecular weight excluding hydrogens is 576 g/mol. The van der Waals surface area contributed by atoms with Gasteiger partial charge in [-0.05, 0) is 92.4 Å². The zero-order valence-electron chi connectivity index (χ0n) is 24.1. The number of carbonyl (C=O) groups is 3. The summed E-state index contributed by atoms with van der Waals surface area (Å²) in [6.45, 7) is 5.55. The van der Waals surface area contributed by atoms with Crippen molar-refractivity contribution >= 4 is 46.8 Å². The van der Waals surface area contributed by atoms with E-state index in [2.05, 4.69) is 16.0 Å². The fourth-order valence-corrected chi connectivity index (χ4v) is 4.37. The number of carboxylic acids is 1. The van der Waals surface area contributed by atoms with Crippen LogP contribution < -0.4 is 20.7 Å². The number of ether oxygens (including phenoxy) is 2. The number of anilines is 2. The van der Waals surface area contributed by atoms with E-state index in [1.165, 1.54) is 6.07 Å². The molecule has 0 aromatic heterocycles. The number of rotatable bonds is 13. The van der Waals surface area contributed by atoms with Gasteiger partial charge in [-0.3, -0.25) is 20.3 Å². The van der Waals surface area contributed by atoms with Gasteiger partial charge in [-0.25, -0.2) is 4.79 Å². The Morgan fingerprint density at radius 2 is 1.77 bits per heavy atom. The monoisotopic (exact) mass is 610 g/mol. The van der Waals surface area contributed by atoms with E-state index in [0.29, 0.717) is 38.8 Å². The molecule has 2 amide bonds. The van der Waals surface area contributed by atoms with Crippen LogP contribution in [0.1, 0.15) is 59.8 Å². The Kier molecular flexibility index (Phi) is 11.9. The number of amidine groups is 1. The maximum absolute atomic E-state index is 13.3. The Morgan fingerprint density at radius 1 is 1.05 bits per heavy atom. The number of alkyl carbamates (subject to hydrolysis) is 1. The van der Waals surface area contributed by atoms with Gasteiger partial charge in [0, 0.05) is 34.9 Å². The molecule has 0 bridgehead atoms. The molecule has 0 aliphatic heterocycles. The lowest BCUT2D eigenvalue weighted by molar-refractivity contribution is -0.136. The number of halogens is 1. The van der Waals surface area contributed by atoms with E-state index in [9.17, 15) is 24.6 Å². The Bertz CT molecular complexity index is 1480. The number of aliphatic carboxylic acids is 1. The molecule has 0 spiro atoms. The lowest BCUT2D eigenvalue weighted by atomic mass is 9.98. The number of carboxylic acid groups (broad SMARTS) is 1. The van der Waals surface area contributed by atoms with Crippen molar-refractivity contribution < 1.29 is 34.1 Å². The van der Waals surface area contributed by atoms with Crippen LogP contribution in [0.3, 0.4) is 0 Å². The number of aliphatic hydroxyl groups excluding tert-OH is 1. The second kappa shape index (κ2) is 15.6. The van der Waals surface area contributed by atoms with Crippen LogP contribution in [0.25, 0.3) is 0 Å². The molecule has 3 rings (SSSR count). The van der Waals surface area contributed by atoms with E-state index in [0.717, 1.165) is 5.56 Å². The molecule has 3 aromatic carbocycles. The SMILES string of the molecule is CCOC(=O)NC(=N)c1ccc(NC(=O)c2cc(Cl)ccc2NCc2cc(CO)cc(OC(C)C)c2CCC(=O)O)cc1. The number of aliphatic hydroxyl groups is 1.